The standard InChI is InChI=1S/C28H39NOS/c1-27(2,3)22-18-21(19-23(20-22)28(4,5)6)12-13-26(30)29-16-14-25(15-17-29)31-24-10-8-7-9-11-24/h7-11,18-20,25H,12-17H2,1-6H3. The van der Waals surface area contributed by atoms with Crippen LogP contribution in [0, 0.1) is 0 Å². The van der Waals surface area contributed by atoms with Crippen LogP contribution in [0.3, 0.4) is 0 Å². The van der Waals surface area contributed by atoms with Crippen molar-refractivity contribution in [3.8, 4) is 0 Å². The van der Waals surface area contributed by atoms with Gasteiger partial charge in [0.2, 0.25) is 5.91 Å². The fraction of sp³-hybridized carbons (Fsp3) is 0.536. The molecule has 0 saturated carbocycles. The van der Waals surface area contributed by atoms with Crippen molar-refractivity contribution in [2.24, 2.45) is 0 Å². The van der Waals surface area contributed by atoms with Crippen molar-refractivity contribution < 1.29 is 4.79 Å². The summed E-state index contributed by atoms with van der Waals surface area (Å²) in [5.41, 5.74) is 4.24. The lowest BCUT2D eigenvalue weighted by atomic mass is 9.79. The average Bonchev–Trinajstić information content (AvgIpc) is 2.72. The van der Waals surface area contributed by atoms with Crippen LogP contribution >= 0.6 is 11.8 Å². The number of hydrogen-bond acceptors (Lipinski definition) is 2. The molecule has 1 heterocycles. The van der Waals surface area contributed by atoms with E-state index in [9.17, 15) is 4.79 Å². The molecule has 0 radical (unpaired) electrons. The normalized spacial score (nSPS) is 15.9. The maximum atomic E-state index is 12.9. The number of amides is 1. The minimum absolute atomic E-state index is 0.109. The summed E-state index contributed by atoms with van der Waals surface area (Å²) in [6, 6.07) is 17.6. The molecule has 0 atom stereocenters. The van der Waals surface area contributed by atoms with Crippen LogP contribution in [-0.4, -0.2) is 29.1 Å². The lowest BCUT2D eigenvalue weighted by Crippen LogP contribution is -2.39. The van der Waals surface area contributed by atoms with E-state index in [2.05, 4.69) is 95.0 Å². The van der Waals surface area contributed by atoms with Gasteiger partial charge in [-0.2, -0.15) is 0 Å². The van der Waals surface area contributed by atoms with Crippen LogP contribution in [0.25, 0.3) is 0 Å². The van der Waals surface area contributed by atoms with E-state index in [1.807, 2.05) is 11.8 Å². The van der Waals surface area contributed by atoms with E-state index < -0.39 is 0 Å². The first-order chi connectivity index (χ1) is 14.5. The molecule has 0 aliphatic carbocycles. The first-order valence-corrected chi connectivity index (χ1v) is 12.5. The van der Waals surface area contributed by atoms with E-state index in [0.717, 1.165) is 32.4 Å². The molecule has 2 aromatic rings. The zero-order valence-electron chi connectivity index (χ0n) is 20.2. The number of aryl methyl sites for hydroxylation is 1. The summed E-state index contributed by atoms with van der Waals surface area (Å²) in [4.78, 5) is 16.3. The van der Waals surface area contributed by atoms with E-state index in [-0.39, 0.29) is 10.8 Å². The number of piperidine rings is 1. The minimum atomic E-state index is 0.109. The van der Waals surface area contributed by atoms with Crippen molar-refractivity contribution in [1.29, 1.82) is 0 Å². The van der Waals surface area contributed by atoms with Crippen molar-refractivity contribution in [3.05, 3.63) is 65.2 Å². The molecule has 1 aliphatic rings. The third-order valence-electron chi connectivity index (χ3n) is 6.19. The van der Waals surface area contributed by atoms with Gasteiger partial charge in [-0.3, -0.25) is 4.79 Å². The summed E-state index contributed by atoms with van der Waals surface area (Å²) < 4.78 is 0. The molecule has 1 saturated heterocycles. The molecule has 1 fully saturated rings. The lowest BCUT2D eigenvalue weighted by Gasteiger charge is -2.32. The molecule has 0 N–H and O–H groups in total. The van der Waals surface area contributed by atoms with Crippen LogP contribution in [0.5, 0.6) is 0 Å². The van der Waals surface area contributed by atoms with Gasteiger partial charge >= 0.3 is 0 Å². The number of nitrogens with zero attached hydrogens (tertiary/aromatic N) is 1. The largest absolute Gasteiger partial charge is 0.343 e. The third-order valence-corrected chi connectivity index (χ3v) is 7.54. The lowest BCUT2D eigenvalue weighted by molar-refractivity contribution is -0.131. The number of likely N-dealkylation sites (tertiary alicyclic amines) is 1. The number of carbonyl (C=O) groups excluding carboxylic acids is 1. The van der Waals surface area contributed by atoms with Crippen LogP contribution in [0.2, 0.25) is 0 Å². The molecule has 0 bridgehead atoms. The van der Waals surface area contributed by atoms with Crippen molar-refractivity contribution >= 4 is 17.7 Å². The topological polar surface area (TPSA) is 20.3 Å². The quantitative estimate of drug-likeness (QED) is 0.502. The highest BCUT2D eigenvalue weighted by molar-refractivity contribution is 8.00. The van der Waals surface area contributed by atoms with Crippen LogP contribution in [0.1, 0.15) is 77.5 Å². The second-order valence-electron chi connectivity index (χ2n) is 10.9. The fourth-order valence-electron chi connectivity index (χ4n) is 4.03. The Balaban J connectivity index is 1.57. The molecule has 1 amide bonds. The molecular formula is C28H39NOS. The first kappa shape index (κ1) is 23.9. The van der Waals surface area contributed by atoms with E-state index in [1.54, 1.807) is 0 Å². The Morgan fingerprint density at radius 2 is 1.45 bits per heavy atom. The van der Waals surface area contributed by atoms with Crippen molar-refractivity contribution in [2.45, 2.75) is 88.2 Å². The second-order valence-corrected chi connectivity index (χ2v) is 12.3. The Kier molecular flexibility index (Phi) is 7.57. The molecule has 168 valence electrons. The van der Waals surface area contributed by atoms with Crippen molar-refractivity contribution in [1.82, 2.24) is 4.90 Å². The summed E-state index contributed by atoms with van der Waals surface area (Å²) in [5.74, 6) is 0.307. The summed E-state index contributed by atoms with van der Waals surface area (Å²) in [7, 11) is 0. The average molecular weight is 438 g/mol. The monoisotopic (exact) mass is 437 g/mol. The number of rotatable bonds is 5. The number of hydrogen-bond donors (Lipinski definition) is 0. The summed E-state index contributed by atoms with van der Waals surface area (Å²) >= 11 is 1.96. The zero-order valence-corrected chi connectivity index (χ0v) is 21.0. The highest BCUT2D eigenvalue weighted by Gasteiger charge is 2.24. The van der Waals surface area contributed by atoms with Gasteiger partial charge in [0.25, 0.3) is 0 Å². The molecule has 3 heteroatoms. The molecule has 2 aromatic carbocycles. The molecular weight excluding hydrogens is 398 g/mol. The predicted octanol–water partition coefficient (Wildman–Crippen LogP) is 7.00. The summed E-state index contributed by atoms with van der Waals surface area (Å²) in [5, 5.41) is 0.615. The molecule has 31 heavy (non-hydrogen) atoms. The van der Waals surface area contributed by atoms with Crippen LogP contribution in [0.4, 0.5) is 0 Å². The van der Waals surface area contributed by atoms with Crippen molar-refractivity contribution in [2.75, 3.05) is 13.1 Å². The van der Waals surface area contributed by atoms with Gasteiger partial charge in [0.05, 0.1) is 0 Å². The van der Waals surface area contributed by atoms with Crippen LogP contribution in [0.15, 0.2) is 53.4 Å². The van der Waals surface area contributed by atoms with E-state index >= 15 is 0 Å². The maximum absolute atomic E-state index is 12.9. The Morgan fingerprint density at radius 1 is 0.903 bits per heavy atom. The fourth-order valence-corrected chi connectivity index (χ4v) is 5.17. The van der Waals surface area contributed by atoms with Gasteiger partial charge in [-0.05, 0) is 58.9 Å². The SMILES string of the molecule is CC(C)(C)c1cc(CCC(=O)N2CCC(Sc3ccccc3)CC2)cc(C(C)(C)C)c1. The highest BCUT2D eigenvalue weighted by Crippen LogP contribution is 2.32. The predicted molar refractivity (Wildman–Crippen MR) is 134 cm³/mol. The van der Waals surface area contributed by atoms with Crippen LogP contribution in [-0.2, 0) is 22.0 Å². The number of carbonyl (C=O) groups is 1. The van der Waals surface area contributed by atoms with Gasteiger partial charge in [-0.1, -0.05) is 77.9 Å². The van der Waals surface area contributed by atoms with Gasteiger partial charge in [0.15, 0.2) is 0 Å². The molecule has 0 spiro atoms. The number of benzene rings is 2. The summed E-state index contributed by atoms with van der Waals surface area (Å²) in [6.45, 7) is 15.4. The van der Waals surface area contributed by atoms with E-state index in [0.29, 0.717) is 17.6 Å². The molecule has 3 rings (SSSR count). The minimum Gasteiger partial charge on any atom is -0.343 e. The highest BCUT2D eigenvalue weighted by atomic mass is 32.2. The Labute approximate surface area is 193 Å². The van der Waals surface area contributed by atoms with E-state index in [1.165, 1.54) is 21.6 Å². The van der Waals surface area contributed by atoms with Crippen molar-refractivity contribution in [3.63, 3.8) is 0 Å². The van der Waals surface area contributed by atoms with Crippen LogP contribution < -0.4 is 0 Å². The Bertz CT molecular complexity index is 836. The molecule has 0 unspecified atom stereocenters. The maximum Gasteiger partial charge on any atom is 0.222 e. The third kappa shape index (κ3) is 6.87. The molecule has 2 nitrogen and oxygen atoms in total. The molecule has 0 aromatic heterocycles. The van der Waals surface area contributed by atoms with Gasteiger partial charge in [-0.25, -0.2) is 0 Å². The first-order valence-electron chi connectivity index (χ1n) is 11.7. The zero-order chi connectivity index (χ0) is 22.6. The van der Waals surface area contributed by atoms with Gasteiger partial charge in [0.1, 0.15) is 0 Å². The molecule has 1 aliphatic heterocycles. The second kappa shape index (κ2) is 9.81. The smallest absolute Gasteiger partial charge is 0.222 e. The Hall–Kier alpha value is -1.74. The van der Waals surface area contributed by atoms with Gasteiger partial charge in [0, 0.05) is 29.7 Å². The summed E-state index contributed by atoms with van der Waals surface area (Å²) in [6.07, 6.45) is 3.59. The van der Waals surface area contributed by atoms with E-state index in [4.69, 9.17) is 0 Å². The Morgan fingerprint density at radius 3 is 1.97 bits per heavy atom. The number of thioether (sulfide) groups is 1. The van der Waals surface area contributed by atoms with Gasteiger partial charge < -0.3 is 4.90 Å². The van der Waals surface area contributed by atoms with Gasteiger partial charge in [-0.15, -0.1) is 11.8 Å².